The Balaban J connectivity index is 1.45. The van der Waals surface area contributed by atoms with Gasteiger partial charge < -0.3 is 15.0 Å². The second kappa shape index (κ2) is 8.27. The third kappa shape index (κ3) is 4.07. The molecule has 28 heavy (non-hydrogen) atoms. The van der Waals surface area contributed by atoms with Crippen molar-refractivity contribution in [2.45, 2.75) is 19.1 Å². The van der Waals surface area contributed by atoms with Crippen LogP contribution >= 0.6 is 0 Å². The van der Waals surface area contributed by atoms with Gasteiger partial charge in [-0.15, -0.1) is 0 Å². The third-order valence-corrected chi connectivity index (χ3v) is 5.07. The minimum atomic E-state index is -0.142. The standard InChI is InChI=1S/C22H24N4O2/c1-23-18-9-11-25(15-18)21-8-7-19(14-24-21)26-12-10-20(13-22(26)27)28-16-17-5-3-2-4-6-17/h2-8,10,12-14,18,23H,9,11,15-16H2,1H3/t18-/m1/s1. The van der Waals surface area contributed by atoms with Crippen molar-refractivity contribution >= 4 is 5.82 Å². The molecular formula is C22H24N4O2. The van der Waals surface area contributed by atoms with Crippen LogP contribution < -0.4 is 20.5 Å². The Morgan fingerprint density at radius 3 is 2.71 bits per heavy atom. The highest BCUT2D eigenvalue weighted by Gasteiger charge is 2.21. The summed E-state index contributed by atoms with van der Waals surface area (Å²) in [6.07, 6.45) is 4.59. The van der Waals surface area contributed by atoms with E-state index in [0.29, 0.717) is 18.4 Å². The normalized spacial score (nSPS) is 16.3. The smallest absolute Gasteiger partial charge is 0.258 e. The lowest BCUT2D eigenvalue weighted by molar-refractivity contribution is 0.305. The molecule has 1 aliphatic heterocycles. The second-order valence-corrected chi connectivity index (χ2v) is 6.94. The maximum Gasteiger partial charge on any atom is 0.258 e. The van der Waals surface area contributed by atoms with Crippen molar-refractivity contribution in [2.75, 3.05) is 25.0 Å². The SMILES string of the molecule is CN[C@@H]1CCN(c2ccc(-n3ccc(OCc4ccccc4)cc3=O)cn2)C1. The zero-order chi connectivity index (χ0) is 19.3. The molecule has 6 heteroatoms. The van der Waals surface area contributed by atoms with Gasteiger partial charge in [-0.2, -0.15) is 0 Å². The van der Waals surface area contributed by atoms with Crippen LogP contribution in [0.2, 0.25) is 0 Å². The molecule has 0 unspecified atom stereocenters. The van der Waals surface area contributed by atoms with E-state index in [1.807, 2.05) is 49.5 Å². The van der Waals surface area contributed by atoms with Crippen molar-refractivity contribution in [3.63, 3.8) is 0 Å². The van der Waals surface area contributed by atoms with Crippen molar-refractivity contribution in [3.8, 4) is 11.4 Å². The second-order valence-electron chi connectivity index (χ2n) is 6.94. The fourth-order valence-electron chi connectivity index (χ4n) is 3.42. The molecule has 1 aliphatic rings. The van der Waals surface area contributed by atoms with Crippen LogP contribution in [0, 0.1) is 0 Å². The number of likely N-dealkylation sites (N-methyl/N-ethyl adjacent to an activating group) is 1. The number of anilines is 1. The number of pyridine rings is 2. The van der Waals surface area contributed by atoms with Crippen molar-refractivity contribution in [3.05, 3.63) is 82.9 Å². The number of rotatable bonds is 6. The fourth-order valence-corrected chi connectivity index (χ4v) is 3.42. The molecule has 0 aliphatic carbocycles. The molecule has 0 amide bonds. The molecule has 3 aromatic rings. The van der Waals surface area contributed by atoms with Crippen LogP contribution in [-0.4, -0.2) is 35.7 Å². The average Bonchev–Trinajstić information content (AvgIpc) is 3.23. The van der Waals surface area contributed by atoms with Gasteiger partial charge in [0.2, 0.25) is 0 Å². The molecule has 3 heterocycles. The van der Waals surface area contributed by atoms with Gasteiger partial charge in [-0.25, -0.2) is 4.98 Å². The van der Waals surface area contributed by atoms with E-state index >= 15 is 0 Å². The number of benzene rings is 1. The number of hydrogen-bond acceptors (Lipinski definition) is 5. The van der Waals surface area contributed by atoms with Gasteiger partial charge in [0.25, 0.3) is 5.56 Å². The van der Waals surface area contributed by atoms with Gasteiger partial charge in [0, 0.05) is 31.4 Å². The minimum Gasteiger partial charge on any atom is -0.489 e. The van der Waals surface area contributed by atoms with Crippen molar-refractivity contribution in [1.29, 1.82) is 0 Å². The van der Waals surface area contributed by atoms with Crippen LogP contribution in [0.1, 0.15) is 12.0 Å². The summed E-state index contributed by atoms with van der Waals surface area (Å²) in [5.41, 5.74) is 1.66. The third-order valence-electron chi connectivity index (χ3n) is 5.07. The van der Waals surface area contributed by atoms with E-state index in [9.17, 15) is 4.79 Å². The van der Waals surface area contributed by atoms with Crippen LogP contribution in [-0.2, 0) is 6.61 Å². The number of nitrogens with zero attached hydrogens (tertiary/aromatic N) is 3. The summed E-state index contributed by atoms with van der Waals surface area (Å²) >= 11 is 0. The Morgan fingerprint density at radius 1 is 1.18 bits per heavy atom. The zero-order valence-corrected chi connectivity index (χ0v) is 15.9. The van der Waals surface area contributed by atoms with E-state index < -0.39 is 0 Å². The highest BCUT2D eigenvalue weighted by molar-refractivity contribution is 5.44. The fraction of sp³-hybridized carbons (Fsp3) is 0.273. The molecule has 0 bridgehead atoms. The van der Waals surface area contributed by atoms with Gasteiger partial charge in [-0.3, -0.25) is 9.36 Å². The van der Waals surface area contributed by atoms with E-state index in [-0.39, 0.29) is 5.56 Å². The van der Waals surface area contributed by atoms with Crippen LogP contribution in [0.5, 0.6) is 5.75 Å². The van der Waals surface area contributed by atoms with Crippen molar-refractivity contribution in [2.24, 2.45) is 0 Å². The summed E-state index contributed by atoms with van der Waals surface area (Å²) in [5, 5.41) is 3.31. The van der Waals surface area contributed by atoms with E-state index in [1.165, 1.54) is 6.07 Å². The molecule has 1 fully saturated rings. The topological polar surface area (TPSA) is 59.4 Å². The van der Waals surface area contributed by atoms with Gasteiger partial charge in [-0.05, 0) is 37.2 Å². The summed E-state index contributed by atoms with van der Waals surface area (Å²) in [6, 6.07) is 17.6. The van der Waals surface area contributed by atoms with E-state index in [0.717, 1.165) is 36.6 Å². The van der Waals surface area contributed by atoms with Gasteiger partial charge in [0.15, 0.2) is 0 Å². The minimum absolute atomic E-state index is 0.142. The number of ether oxygens (including phenoxy) is 1. The predicted molar refractivity (Wildman–Crippen MR) is 110 cm³/mol. The lowest BCUT2D eigenvalue weighted by Crippen LogP contribution is -2.29. The summed E-state index contributed by atoms with van der Waals surface area (Å²) in [4.78, 5) is 19.3. The number of nitrogens with one attached hydrogen (secondary N) is 1. The molecule has 0 radical (unpaired) electrons. The first-order valence-electron chi connectivity index (χ1n) is 9.51. The highest BCUT2D eigenvalue weighted by Crippen LogP contribution is 2.19. The lowest BCUT2D eigenvalue weighted by Gasteiger charge is -2.17. The molecule has 0 saturated carbocycles. The first kappa shape index (κ1) is 18.3. The summed E-state index contributed by atoms with van der Waals surface area (Å²) in [7, 11) is 1.99. The Hall–Kier alpha value is -3.12. The van der Waals surface area contributed by atoms with Gasteiger partial charge in [-0.1, -0.05) is 30.3 Å². The summed E-state index contributed by atoms with van der Waals surface area (Å²) in [6.45, 7) is 2.38. The average molecular weight is 376 g/mol. The molecule has 1 N–H and O–H groups in total. The largest absolute Gasteiger partial charge is 0.489 e. The molecule has 2 aromatic heterocycles. The Kier molecular flexibility index (Phi) is 5.39. The van der Waals surface area contributed by atoms with Gasteiger partial charge in [0.05, 0.1) is 11.9 Å². The van der Waals surface area contributed by atoms with E-state index in [1.54, 1.807) is 23.0 Å². The summed E-state index contributed by atoms with van der Waals surface area (Å²) in [5.74, 6) is 1.50. The molecule has 6 nitrogen and oxygen atoms in total. The maximum atomic E-state index is 12.5. The predicted octanol–water partition coefficient (Wildman–Crippen LogP) is 2.61. The van der Waals surface area contributed by atoms with Crippen LogP contribution in [0.15, 0.2) is 71.8 Å². The van der Waals surface area contributed by atoms with Crippen LogP contribution in [0.4, 0.5) is 5.82 Å². The zero-order valence-electron chi connectivity index (χ0n) is 15.9. The Morgan fingerprint density at radius 2 is 2.04 bits per heavy atom. The van der Waals surface area contributed by atoms with Crippen molar-refractivity contribution < 1.29 is 4.74 Å². The molecule has 1 atom stereocenters. The van der Waals surface area contributed by atoms with E-state index in [4.69, 9.17) is 4.74 Å². The highest BCUT2D eigenvalue weighted by atomic mass is 16.5. The first-order valence-corrected chi connectivity index (χ1v) is 9.51. The van der Waals surface area contributed by atoms with Crippen LogP contribution in [0.25, 0.3) is 5.69 Å². The number of aromatic nitrogens is 2. The van der Waals surface area contributed by atoms with Crippen LogP contribution in [0.3, 0.4) is 0 Å². The molecule has 144 valence electrons. The maximum absolute atomic E-state index is 12.5. The monoisotopic (exact) mass is 376 g/mol. The molecule has 1 saturated heterocycles. The Bertz CT molecular complexity index is 970. The Labute approximate surface area is 164 Å². The van der Waals surface area contributed by atoms with Gasteiger partial charge in [0.1, 0.15) is 18.2 Å². The lowest BCUT2D eigenvalue weighted by atomic mass is 10.2. The number of hydrogen-bond donors (Lipinski definition) is 1. The molecule has 1 aromatic carbocycles. The summed E-state index contributed by atoms with van der Waals surface area (Å²) < 4.78 is 7.31. The van der Waals surface area contributed by atoms with E-state index in [2.05, 4.69) is 15.2 Å². The first-order chi connectivity index (χ1) is 13.7. The molecule has 0 spiro atoms. The molecule has 4 rings (SSSR count). The van der Waals surface area contributed by atoms with Gasteiger partial charge >= 0.3 is 0 Å². The van der Waals surface area contributed by atoms with Crippen molar-refractivity contribution in [1.82, 2.24) is 14.9 Å². The quantitative estimate of drug-likeness (QED) is 0.717. The molecular weight excluding hydrogens is 352 g/mol.